The van der Waals surface area contributed by atoms with Gasteiger partial charge in [-0.3, -0.25) is 4.99 Å². The smallest absolute Gasteiger partial charge is 0.191 e. The van der Waals surface area contributed by atoms with Crippen molar-refractivity contribution >= 4 is 5.96 Å². The normalized spacial score (nSPS) is 11.6. The zero-order chi connectivity index (χ0) is 14.2. The molecular formula is C14H31N3O2. The lowest BCUT2D eigenvalue weighted by Crippen LogP contribution is -2.39. The summed E-state index contributed by atoms with van der Waals surface area (Å²) < 4.78 is 10.9. The van der Waals surface area contributed by atoms with Crippen molar-refractivity contribution in [3.63, 3.8) is 0 Å². The maximum atomic E-state index is 5.48. The Balaban J connectivity index is 3.39. The molecule has 0 aromatic heterocycles. The number of rotatable bonds is 12. The van der Waals surface area contributed by atoms with Crippen molar-refractivity contribution in [2.24, 2.45) is 4.99 Å². The van der Waals surface area contributed by atoms with Gasteiger partial charge in [0.25, 0.3) is 0 Å². The molecule has 0 amide bonds. The van der Waals surface area contributed by atoms with E-state index in [1.165, 1.54) is 6.42 Å². The van der Waals surface area contributed by atoms with Crippen molar-refractivity contribution in [3.8, 4) is 0 Å². The molecule has 0 saturated carbocycles. The Morgan fingerprint density at radius 3 is 2.26 bits per heavy atom. The van der Waals surface area contributed by atoms with Crippen molar-refractivity contribution in [2.45, 2.75) is 40.0 Å². The summed E-state index contributed by atoms with van der Waals surface area (Å²) in [5, 5.41) is 6.44. The van der Waals surface area contributed by atoms with Crippen molar-refractivity contribution in [1.29, 1.82) is 0 Å². The minimum atomic E-state index is 0.661. The summed E-state index contributed by atoms with van der Waals surface area (Å²) in [6.07, 6.45) is 3.36. The van der Waals surface area contributed by atoms with Crippen LogP contribution in [0.25, 0.3) is 0 Å². The Hall–Kier alpha value is -0.810. The second kappa shape index (κ2) is 15.2. The molecule has 2 N–H and O–H groups in total. The first kappa shape index (κ1) is 18.2. The van der Waals surface area contributed by atoms with E-state index in [4.69, 9.17) is 9.47 Å². The molecule has 0 bridgehead atoms. The molecule has 0 aliphatic heterocycles. The molecule has 0 unspecified atom stereocenters. The zero-order valence-corrected chi connectivity index (χ0v) is 12.8. The molecule has 0 aromatic carbocycles. The fourth-order valence-electron chi connectivity index (χ4n) is 1.38. The molecule has 0 spiro atoms. The van der Waals surface area contributed by atoms with Crippen molar-refractivity contribution in [3.05, 3.63) is 0 Å². The van der Waals surface area contributed by atoms with Crippen LogP contribution in [-0.4, -0.2) is 52.0 Å². The van der Waals surface area contributed by atoms with E-state index in [0.29, 0.717) is 19.8 Å². The quantitative estimate of drug-likeness (QED) is 0.323. The van der Waals surface area contributed by atoms with Crippen LogP contribution in [-0.2, 0) is 9.47 Å². The average Bonchev–Trinajstić information content (AvgIpc) is 2.42. The van der Waals surface area contributed by atoms with Crippen LogP contribution < -0.4 is 10.6 Å². The maximum Gasteiger partial charge on any atom is 0.191 e. The Morgan fingerprint density at radius 1 is 0.895 bits per heavy atom. The van der Waals surface area contributed by atoms with E-state index < -0.39 is 0 Å². The number of guanidine groups is 1. The van der Waals surface area contributed by atoms with Gasteiger partial charge in [-0.05, 0) is 19.8 Å². The van der Waals surface area contributed by atoms with Gasteiger partial charge >= 0.3 is 0 Å². The molecule has 0 atom stereocenters. The van der Waals surface area contributed by atoms with Crippen LogP contribution in [0, 0.1) is 0 Å². The number of hydrogen-bond acceptors (Lipinski definition) is 3. The minimum absolute atomic E-state index is 0.661. The van der Waals surface area contributed by atoms with E-state index >= 15 is 0 Å². The topological polar surface area (TPSA) is 54.9 Å². The van der Waals surface area contributed by atoms with Crippen molar-refractivity contribution in [2.75, 3.05) is 46.1 Å². The summed E-state index contributed by atoms with van der Waals surface area (Å²) in [6, 6.07) is 0. The van der Waals surface area contributed by atoms with E-state index in [1.54, 1.807) is 0 Å². The zero-order valence-electron chi connectivity index (χ0n) is 12.8. The molecule has 5 nitrogen and oxygen atoms in total. The molecule has 0 saturated heterocycles. The summed E-state index contributed by atoms with van der Waals surface area (Å²) in [7, 11) is 0. The molecule has 0 aliphatic carbocycles. The van der Waals surface area contributed by atoms with Gasteiger partial charge in [0.1, 0.15) is 0 Å². The lowest BCUT2D eigenvalue weighted by Gasteiger charge is -2.11. The number of aliphatic imine (C=N–C) groups is 1. The van der Waals surface area contributed by atoms with E-state index in [-0.39, 0.29) is 0 Å². The van der Waals surface area contributed by atoms with Gasteiger partial charge in [-0.25, -0.2) is 0 Å². The van der Waals surface area contributed by atoms with E-state index in [9.17, 15) is 0 Å². The standard InChI is InChI=1S/C14H31N3O2/c1-4-7-10-18-12-13-19-11-9-17-14(15-6-3)16-8-5-2/h4-13H2,1-3H3,(H2,15,16,17). The predicted molar refractivity (Wildman–Crippen MR) is 80.8 cm³/mol. The monoisotopic (exact) mass is 273 g/mol. The third kappa shape index (κ3) is 13.4. The number of ether oxygens (including phenoxy) is 2. The van der Waals surface area contributed by atoms with E-state index in [0.717, 1.165) is 45.0 Å². The molecule has 0 radical (unpaired) electrons. The molecule has 19 heavy (non-hydrogen) atoms. The first-order valence-electron chi connectivity index (χ1n) is 7.52. The second-order valence-electron chi connectivity index (χ2n) is 4.27. The van der Waals surface area contributed by atoms with Crippen LogP contribution in [0.5, 0.6) is 0 Å². The molecular weight excluding hydrogens is 242 g/mol. The minimum Gasteiger partial charge on any atom is -0.379 e. The largest absolute Gasteiger partial charge is 0.379 e. The third-order valence-electron chi connectivity index (χ3n) is 2.39. The number of nitrogens with zero attached hydrogens (tertiary/aromatic N) is 1. The van der Waals surface area contributed by atoms with Crippen LogP contribution in [0.15, 0.2) is 4.99 Å². The van der Waals surface area contributed by atoms with Gasteiger partial charge in [0.05, 0.1) is 19.8 Å². The fraction of sp³-hybridized carbons (Fsp3) is 0.929. The van der Waals surface area contributed by atoms with Crippen LogP contribution in [0.4, 0.5) is 0 Å². The number of unbranched alkanes of at least 4 members (excludes halogenated alkanes) is 1. The van der Waals surface area contributed by atoms with Gasteiger partial charge in [-0.15, -0.1) is 0 Å². The molecule has 0 aromatic rings. The molecule has 5 heteroatoms. The Labute approximate surface area is 118 Å². The third-order valence-corrected chi connectivity index (χ3v) is 2.39. The van der Waals surface area contributed by atoms with Gasteiger partial charge < -0.3 is 20.1 Å². The SMILES string of the molecule is CCCCOCCOCCNC(=NCCC)NCC. The second-order valence-corrected chi connectivity index (χ2v) is 4.27. The lowest BCUT2D eigenvalue weighted by atomic mass is 10.4. The van der Waals surface area contributed by atoms with Crippen molar-refractivity contribution < 1.29 is 9.47 Å². The summed E-state index contributed by atoms with van der Waals surface area (Å²) in [4.78, 5) is 4.41. The van der Waals surface area contributed by atoms with Crippen LogP contribution in [0.3, 0.4) is 0 Å². The number of nitrogens with one attached hydrogen (secondary N) is 2. The highest BCUT2D eigenvalue weighted by molar-refractivity contribution is 5.79. The van der Waals surface area contributed by atoms with Gasteiger partial charge in [0.2, 0.25) is 0 Å². The van der Waals surface area contributed by atoms with Gasteiger partial charge in [0, 0.05) is 26.2 Å². The van der Waals surface area contributed by atoms with E-state index in [1.807, 2.05) is 0 Å². The summed E-state index contributed by atoms with van der Waals surface area (Å²) in [6.45, 7) is 11.7. The van der Waals surface area contributed by atoms with Crippen LogP contribution in [0.2, 0.25) is 0 Å². The van der Waals surface area contributed by atoms with Gasteiger partial charge in [-0.2, -0.15) is 0 Å². The van der Waals surface area contributed by atoms with Gasteiger partial charge in [0.15, 0.2) is 5.96 Å². The van der Waals surface area contributed by atoms with E-state index in [2.05, 4.69) is 36.4 Å². The molecule has 114 valence electrons. The Kier molecular flexibility index (Phi) is 14.6. The lowest BCUT2D eigenvalue weighted by molar-refractivity contribution is 0.0487. The first-order chi connectivity index (χ1) is 9.35. The molecule has 0 aliphatic rings. The van der Waals surface area contributed by atoms with Gasteiger partial charge in [-0.1, -0.05) is 20.3 Å². The number of hydrogen-bond donors (Lipinski definition) is 2. The summed E-state index contributed by atoms with van der Waals surface area (Å²) in [5.41, 5.74) is 0. The molecule has 0 rings (SSSR count). The highest BCUT2D eigenvalue weighted by Crippen LogP contribution is 1.87. The summed E-state index contributed by atoms with van der Waals surface area (Å²) in [5.74, 6) is 0.868. The Morgan fingerprint density at radius 2 is 1.63 bits per heavy atom. The van der Waals surface area contributed by atoms with Crippen molar-refractivity contribution in [1.82, 2.24) is 10.6 Å². The molecule has 0 heterocycles. The summed E-state index contributed by atoms with van der Waals surface area (Å²) >= 11 is 0. The Bertz CT molecular complexity index is 211. The molecule has 0 fully saturated rings. The first-order valence-corrected chi connectivity index (χ1v) is 7.52. The highest BCUT2D eigenvalue weighted by Gasteiger charge is 1.95. The highest BCUT2D eigenvalue weighted by atomic mass is 16.5. The average molecular weight is 273 g/mol. The van der Waals surface area contributed by atoms with Crippen LogP contribution in [0.1, 0.15) is 40.0 Å². The van der Waals surface area contributed by atoms with Crippen LogP contribution >= 0.6 is 0 Å². The predicted octanol–water partition coefficient (Wildman–Crippen LogP) is 1.78. The maximum absolute atomic E-state index is 5.48. The fourth-order valence-corrected chi connectivity index (χ4v) is 1.38.